The second kappa shape index (κ2) is 8.91. The summed E-state index contributed by atoms with van der Waals surface area (Å²) in [5.74, 6) is -3.24. The normalized spacial score (nSPS) is 26.7. The van der Waals surface area contributed by atoms with Crippen molar-refractivity contribution < 1.29 is 24.3 Å². The molecule has 2 aromatic rings. The van der Waals surface area contributed by atoms with Gasteiger partial charge in [0.05, 0.1) is 17.5 Å². The minimum absolute atomic E-state index is 0.0126. The second-order valence-electron chi connectivity index (χ2n) is 10.5. The number of halogens is 1. The Morgan fingerprint density at radius 2 is 1.74 bits per heavy atom. The molecule has 7 heteroatoms. The Morgan fingerprint density at radius 1 is 1.00 bits per heavy atom. The van der Waals surface area contributed by atoms with Crippen molar-refractivity contribution in [2.45, 2.75) is 39.0 Å². The van der Waals surface area contributed by atoms with E-state index in [9.17, 15) is 24.3 Å². The maximum Gasteiger partial charge on any atom is 0.238 e. The number of amides is 2. The number of anilines is 1. The third kappa shape index (κ3) is 3.54. The highest BCUT2D eigenvalue weighted by molar-refractivity contribution is 6.32. The van der Waals surface area contributed by atoms with Gasteiger partial charge in [-0.15, -0.1) is 0 Å². The third-order valence-electron chi connectivity index (χ3n) is 8.46. The monoisotopic (exact) mass is 527 g/mol. The Kier molecular flexibility index (Phi) is 5.76. The van der Waals surface area contributed by atoms with Gasteiger partial charge >= 0.3 is 0 Å². The highest BCUT2D eigenvalue weighted by Gasteiger charge is 2.56. The summed E-state index contributed by atoms with van der Waals surface area (Å²) >= 11 is 6.59. The fourth-order valence-corrected chi connectivity index (χ4v) is 6.89. The number of fused-ring (bicyclic) bond motifs is 3. The van der Waals surface area contributed by atoms with Gasteiger partial charge in [-0.3, -0.25) is 24.1 Å². The molecular weight excluding hydrogens is 502 g/mol. The van der Waals surface area contributed by atoms with Crippen LogP contribution in [0.5, 0.6) is 5.75 Å². The smallest absolute Gasteiger partial charge is 0.238 e. The lowest BCUT2D eigenvalue weighted by molar-refractivity contribution is -0.123. The highest BCUT2D eigenvalue weighted by Crippen LogP contribution is 2.56. The first-order valence-corrected chi connectivity index (χ1v) is 13.2. The van der Waals surface area contributed by atoms with Gasteiger partial charge in [0.15, 0.2) is 11.6 Å². The van der Waals surface area contributed by atoms with Crippen LogP contribution in [-0.4, -0.2) is 28.5 Å². The van der Waals surface area contributed by atoms with Crippen molar-refractivity contribution in [1.82, 2.24) is 0 Å². The number of rotatable bonds is 3. The number of carbonyl (C=O) groups excluding carboxylic acids is 4. The molecule has 4 unspecified atom stereocenters. The number of aryl methyl sites for hydroxylation is 1. The van der Waals surface area contributed by atoms with Gasteiger partial charge in [-0.05, 0) is 73.6 Å². The molecule has 6 rings (SSSR count). The maximum atomic E-state index is 13.9. The van der Waals surface area contributed by atoms with Crippen molar-refractivity contribution in [2.24, 2.45) is 17.8 Å². The predicted molar refractivity (Wildman–Crippen MR) is 143 cm³/mol. The minimum atomic E-state index is -0.643. The van der Waals surface area contributed by atoms with Crippen molar-refractivity contribution in [2.75, 3.05) is 4.90 Å². The molecule has 0 spiro atoms. The number of hydrogen-bond donors (Lipinski definition) is 1. The molecule has 2 aromatic carbocycles. The Labute approximate surface area is 225 Å². The largest absolute Gasteiger partial charge is 0.508 e. The van der Waals surface area contributed by atoms with Crippen LogP contribution >= 0.6 is 11.6 Å². The molecule has 1 heterocycles. The lowest BCUT2D eigenvalue weighted by atomic mass is 9.59. The molecule has 4 atom stereocenters. The van der Waals surface area contributed by atoms with E-state index < -0.39 is 23.7 Å². The molecular formula is C31H26ClNO5. The van der Waals surface area contributed by atoms with Gasteiger partial charge in [0, 0.05) is 27.7 Å². The van der Waals surface area contributed by atoms with Gasteiger partial charge in [0.25, 0.3) is 0 Å². The van der Waals surface area contributed by atoms with Gasteiger partial charge in [-0.25, -0.2) is 0 Å². The van der Waals surface area contributed by atoms with E-state index >= 15 is 0 Å². The highest BCUT2D eigenvalue weighted by atomic mass is 35.5. The molecule has 0 bridgehead atoms. The molecule has 38 heavy (non-hydrogen) atoms. The van der Waals surface area contributed by atoms with Crippen LogP contribution in [0.25, 0.3) is 0 Å². The maximum absolute atomic E-state index is 13.9. The number of hydrogen-bond acceptors (Lipinski definition) is 5. The summed E-state index contributed by atoms with van der Waals surface area (Å²) in [6, 6.07) is 12.0. The van der Waals surface area contributed by atoms with Gasteiger partial charge in [-0.1, -0.05) is 48.4 Å². The quantitative estimate of drug-likeness (QED) is 0.335. The first kappa shape index (κ1) is 24.6. The van der Waals surface area contributed by atoms with E-state index in [1.54, 1.807) is 25.1 Å². The van der Waals surface area contributed by atoms with Crippen LogP contribution < -0.4 is 4.90 Å². The van der Waals surface area contributed by atoms with E-state index in [4.69, 9.17) is 11.6 Å². The molecule has 4 aliphatic rings. The van der Waals surface area contributed by atoms with E-state index in [1.165, 1.54) is 23.1 Å². The lowest BCUT2D eigenvalue weighted by Gasteiger charge is -2.42. The number of nitrogens with zero attached hydrogens (tertiary/aromatic N) is 1. The standard InChI is InChI=1S/C31H26ClNO5/c1-3-16-4-6-17(7-5-16)33-30(37)21-11-10-19-22(27(21)31(33)38)14-23-25(35)12-15(2)29(36)28(23)26(19)20-9-8-18(34)13-24(20)32/h4-10,12-13,21-22,26-27,34H,3,11,14H2,1-2H3. The second-order valence-corrected chi connectivity index (χ2v) is 10.9. The van der Waals surface area contributed by atoms with Crippen LogP contribution in [0.1, 0.15) is 43.7 Å². The van der Waals surface area contributed by atoms with E-state index in [1.807, 2.05) is 25.1 Å². The number of allylic oxidation sites excluding steroid dienone is 6. The van der Waals surface area contributed by atoms with E-state index in [0.717, 1.165) is 17.6 Å². The average Bonchev–Trinajstić information content (AvgIpc) is 3.16. The van der Waals surface area contributed by atoms with E-state index in [-0.39, 0.29) is 40.6 Å². The van der Waals surface area contributed by atoms with Crippen molar-refractivity contribution in [3.63, 3.8) is 0 Å². The summed E-state index contributed by atoms with van der Waals surface area (Å²) < 4.78 is 0. The Balaban J connectivity index is 1.47. The number of ketones is 2. The fourth-order valence-electron chi connectivity index (χ4n) is 6.60. The molecule has 1 fully saturated rings. The van der Waals surface area contributed by atoms with Crippen molar-refractivity contribution in [1.29, 1.82) is 0 Å². The zero-order valence-electron chi connectivity index (χ0n) is 21.0. The predicted octanol–water partition coefficient (Wildman–Crippen LogP) is 5.24. The average molecular weight is 528 g/mol. The van der Waals surface area contributed by atoms with Gasteiger partial charge in [-0.2, -0.15) is 0 Å². The molecule has 0 saturated carbocycles. The van der Waals surface area contributed by atoms with Crippen LogP contribution in [0.15, 0.2) is 76.9 Å². The first-order chi connectivity index (χ1) is 18.2. The molecule has 1 saturated heterocycles. The topological polar surface area (TPSA) is 91.8 Å². The first-order valence-electron chi connectivity index (χ1n) is 12.9. The molecule has 192 valence electrons. The zero-order valence-corrected chi connectivity index (χ0v) is 21.8. The fraction of sp³-hybridized carbons (Fsp3) is 0.290. The zero-order chi connectivity index (χ0) is 26.9. The Hall–Kier alpha value is -3.77. The van der Waals surface area contributed by atoms with Crippen molar-refractivity contribution >= 4 is 40.7 Å². The summed E-state index contributed by atoms with van der Waals surface area (Å²) in [5, 5.41) is 10.2. The summed E-state index contributed by atoms with van der Waals surface area (Å²) in [6.07, 6.45) is 4.74. The molecule has 6 nitrogen and oxygen atoms in total. The van der Waals surface area contributed by atoms with Gasteiger partial charge < -0.3 is 5.11 Å². The van der Waals surface area contributed by atoms with Crippen LogP contribution in [0, 0.1) is 17.8 Å². The minimum Gasteiger partial charge on any atom is -0.508 e. The van der Waals surface area contributed by atoms with Crippen molar-refractivity contribution in [3.8, 4) is 5.75 Å². The summed E-state index contributed by atoms with van der Waals surface area (Å²) in [4.78, 5) is 55.4. The number of phenolic OH excluding ortho intramolecular Hbond substituents is 1. The van der Waals surface area contributed by atoms with E-state index in [0.29, 0.717) is 34.4 Å². The van der Waals surface area contributed by atoms with Gasteiger partial charge in [0.2, 0.25) is 11.8 Å². The molecule has 3 aliphatic carbocycles. The lowest BCUT2D eigenvalue weighted by Crippen LogP contribution is -2.39. The molecule has 1 N–H and O–H groups in total. The summed E-state index contributed by atoms with van der Waals surface area (Å²) in [5.41, 5.74) is 4.19. The Morgan fingerprint density at radius 3 is 2.42 bits per heavy atom. The number of imide groups is 1. The van der Waals surface area contributed by atoms with Crippen LogP contribution in [0.3, 0.4) is 0 Å². The SMILES string of the molecule is CCc1ccc(N2C(=O)C3CC=C4C(c5ccc(O)cc5Cl)C5=C(CC4C3C2=O)C(=O)C=C(C)C5=O)cc1. The molecule has 1 aliphatic heterocycles. The number of carbonyl (C=O) groups is 4. The molecule has 0 aromatic heterocycles. The number of benzene rings is 2. The van der Waals surface area contributed by atoms with Crippen molar-refractivity contribution in [3.05, 3.63) is 93.1 Å². The number of phenols is 1. The van der Waals surface area contributed by atoms with Gasteiger partial charge in [0.1, 0.15) is 5.75 Å². The molecule has 0 radical (unpaired) electrons. The summed E-state index contributed by atoms with van der Waals surface area (Å²) in [7, 11) is 0. The Bertz CT molecular complexity index is 1530. The van der Waals surface area contributed by atoms with Crippen LogP contribution in [0.2, 0.25) is 5.02 Å². The van der Waals surface area contributed by atoms with Crippen LogP contribution in [-0.2, 0) is 25.6 Å². The third-order valence-corrected chi connectivity index (χ3v) is 8.79. The molecule has 2 amide bonds. The number of aromatic hydroxyl groups is 1. The number of Topliss-reactive ketones (excluding diaryl/α,β-unsaturated/α-hetero) is 1. The van der Waals surface area contributed by atoms with Crippen LogP contribution in [0.4, 0.5) is 5.69 Å². The summed E-state index contributed by atoms with van der Waals surface area (Å²) in [6.45, 7) is 3.66. The van der Waals surface area contributed by atoms with E-state index in [2.05, 4.69) is 0 Å².